The molecule has 2 rings (SSSR count). The molecular formula is C18H35NO2. The molecule has 3 heteroatoms. The molecule has 0 radical (unpaired) electrons. The second-order valence-electron chi connectivity index (χ2n) is 6.92. The first-order valence-electron chi connectivity index (χ1n) is 9.31. The lowest BCUT2D eigenvalue weighted by molar-refractivity contribution is -0.0234. The van der Waals surface area contributed by atoms with Gasteiger partial charge in [0.05, 0.1) is 18.3 Å². The molecule has 0 saturated carbocycles. The Morgan fingerprint density at radius 3 is 2.38 bits per heavy atom. The van der Waals surface area contributed by atoms with Crippen LogP contribution < -0.4 is 5.32 Å². The minimum Gasteiger partial charge on any atom is -0.376 e. The van der Waals surface area contributed by atoms with Crippen LogP contribution in [0.3, 0.4) is 0 Å². The second kappa shape index (κ2) is 9.81. The van der Waals surface area contributed by atoms with Crippen LogP contribution in [0, 0.1) is 0 Å². The van der Waals surface area contributed by atoms with Crippen molar-refractivity contribution in [2.75, 3.05) is 26.3 Å². The maximum Gasteiger partial charge on any atom is 0.0836 e. The topological polar surface area (TPSA) is 30.5 Å². The molecule has 2 saturated heterocycles. The standard InChI is InChI=1S/C18H35NO2/c1-2-3-4-5-6-7-8-9-14-20-17-15-18(21-16-17)10-12-19-13-11-18/h17,19H,2-16H2,1H3. The number of piperidine rings is 1. The van der Waals surface area contributed by atoms with E-state index in [9.17, 15) is 0 Å². The first kappa shape index (κ1) is 17.2. The monoisotopic (exact) mass is 297 g/mol. The fraction of sp³-hybridized carbons (Fsp3) is 1.00. The van der Waals surface area contributed by atoms with E-state index in [-0.39, 0.29) is 5.60 Å². The summed E-state index contributed by atoms with van der Waals surface area (Å²) in [6.45, 7) is 6.22. The third-order valence-electron chi connectivity index (χ3n) is 5.04. The number of unbranched alkanes of at least 4 members (excludes halogenated alkanes) is 7. The van der Waals surface area contributed by atoms with E-state index in [4.69, 9.17) is 9.47 Å². The van der Waals surface area contributed by atoms with E-state index in [2.05, 4.69) is 12.2 Å². The predicted molar refractivity (Wildman–Crippen MR) is 87.8 cm³/mol. The number of hydrogen-bond acceptors (Lipinski definition) is 3. The summed E-state index contributed by atoms with van der Waals surface area (Å²) in [4.78, 5) is 0. The van der Waals surface area contributed by atoms with E-state index in [1.165, 1.54) is 51.4 Å². The maximum atomic E-state index is 6.06. The van der Waals surface area contributed by atoms with Crippen molar-refractivity contribution in [1.82, 2.24) is 5.32 Å². The van der Waals surface area contributed by atoms with Gasteiger partial charge in [0.1, 0.15) is 0 Å². The van der Waals surface area contributed by atoms with Gasteiger partial charge in [0, 0.05) is 13.0 Å². The highest BCUT2D eigenvalue weighted by Crippen LogP contribution is 2.35. The Morgan fingerprint density at radius 2 is 1.67 bits per heavy atom. The lowest BCUT2D eigenvalue weighted by atomic mass is 9.89. The van der Waals surface area contributed by atoms with E-state index in [0.717, 1.165) is 45.6 Å². The first-order chi connectivity index (χ1) is 10.3. The fourth-order valence-corrected chi connectivity index (χ4v) is 3.63. The number of ether oxygens (including phenoxy) is 2. The lowest BCUT2D eigenvalue weighted by Crippen LogP contribution is -2.41. The number of nitrogens with one attached hydrogen (secondary N) is 1. The van der Waals surface area contributed by atoms with Crippen LogP contribution >= 0.6 is 0 Å². The van der Waals surface area contributed by atoms with Gasteiger partial charge in [-0.3, -0.25) is 0 Å². The van der Waals surface area contributed by atoms with E-state index in [0.29, 0.717) is 6.10 Å². The summed E-state index contributed by atoms with van der Waals surface area (Å²) >= 11 is 0. The SMILES string of the molecule is CCCCCCCCCCOC1COC2(CCNCC2)C1. The van der Waals surface area contributed by atoms with Crippen molar-refractivity contribution in [3.63, 3.8) is 0 Å². The van der Waals surface area contributed by atoms with E-state index in [1.54, 1.807) is 0 Å². The van der Waals surface area contributed by atoms with Crippen LogP contribution in [-0.4, -0.2) is 38.0 Å². The molecule has 1 atom stereocenters. The zero-order chi connectivity index (χ0) is 14.8. The summed E-state index contributed by atoms with van der Waals surface area (Å²) in [6.07, 6.45) is 14.7. The molecule has 2 fully saturated rings. The fourth-order valence-electron chi connectivity index (χ4n) is 3.63. The van der Waals surface area contributed by atoms with Crippen molar-refractivity contribution in [3.8, 4) is 0 Å². The molecule has 1 unspecified atom stereocenters. The molecule has 0 bridgehead atoms. The summed E-state index contributed by atoms with van der Waals surface area (Å²) in [5.41, 5.74) is 0.148. The molecule has 21 heavy (non-hydrogen) atoms. The third kappa shape index (κ3) is 6.25. The van der Waals surface area contributed by atoms with Crippen molar-refractivity contribution in [2.24, 2.45) is 0 Å². The van der Waals surface area contributed by atoms with Gasteiger partial charge in [-0.1, -0.05) is 51.9 Å². The average molecular weight is 297 g/mol. The van der Waals surface area contributed by atoms with Gasteiger partial charge in [0.25, 0.3) is 0 Å². The highest BCUT2D eigenvalue weighted by Gasteiger charge is 2.41. The molecule has 0 aromatic carbocycles. The normalized spacial score (nSPS) is 24.7. The molecule has 0 aliphatic carbocycles. The van der Waals surface area contributed by atoms with Crippen molar-refractivity contribution >= 4 is 0 Å². The Bertz CT molecular complexity index is 264. The van der Waals surface area contributed by atoms with Crippen LogP contribution in [0.5, 0.6) is 0 Å². The molecule has 0 aromatic heterocycles. The predicted octanol–water partition coefficient (Wildman–Crippen LogP) is 4.05. The molecular weight excluding hydrogens is 262 g/mol. The second-order valence-corrected chi connectivity index (χ2v) is 6.92. The van der Waals surface area contributed by atoms with Crippen LogP contribution in [0.4, 0.5) is 0 Å². The Labute approximate surface area is 131 Å². The van der Waals surface area contributed by atoms with Crippen molar-refractivity contribution in [2.45, 2.75) is 89.3 Å². The third-order valence-corrected chi connectivity index (χ3v) is 5.04. The zero-order valence-corrected chi connectivity index (χ0v) is 14.0. The van der Waals surface area contributed by atoms with Crippen molar-refractivity contribution in [1.29, 1.82) is 0 Å². The molecule has 1 spiro atoms. The smallest absolute Gasteiger partial charge is 0.0836 e. The minimum absolute atomic E-state index is 0.148. The quantitative estimate of drug-likeness (QED) is 0.617. The van der Waals surface area contributed by atoms with Gasteiger partial charge in [0.2, 0.25) is 0 Å². The number of rotatable bonds is 10. The highest BCUT2D eigenvalue weighted by molar-refractivity contribution is 4.93. The van der Waals surface area contributed by atoms with Gasteiger partial charge >= 0.3 is 0 Å². The molecule has 0 amide bonds. The maximum absolute atomic E-state index is 6.06. The largest absolute Gasteiger partial charge is 0.376 e. The minimum atomic E-state index is 0.148. The molecule has 3 nitrogen and oxygen atoms in total. The van der Waals surface area contributed by atoms with Crippen LogP contribution in [0.25, 0.3) is 0 Å². The summed E-state index contributed by atoms with van der Waals surface area (Å²) in [6, 6.07) is 0. The summed E-state index contributed by atoms with van der Waals surface area (Å²) in [5.74, 6) is 0. The van der Waals surface area contributed by atoms with Crippen LogP contribution in [-0.2, 0) is 9.47 Å². The Morgan fingerprint density at radius 1 is 1.00 bits per heavy atom. The molecule has 2 aliphatic heterocycles. The Balaban J connectivity index is 1.43. The molecule has 2 heterocycles. The summed E-state index contributed by atoms with van der Waals surface area (Å²) < 4.78 is 12.1. The molecule has 2 aliphatic rings. The Kier molecular flexibility index (Phi) is 8.05. The summed E-state index contributed by atoms with van der Waals surface area (Å²) in [7, 11) is 0. The van der Waals surface area contributed by atoms with Crippen molar-refractivity contribution < 1.29 is 9.47 Å². The van der Waals surface area contributed by atoms with Crippen LogP contribution in [0.1, 0.15) is 77.6 Å². The molecule has 124 valence electrons. The van der Waals surface area contributed by atoms with Gasteiger partial charge in [-0.15, -0.1) is 0 Å². The van der Waals surface area contributed by atoms with Crippen molar-refractivity contribution in [3.05, 3.63) is 0 Å². The zero-order valence-electron chi connectivity index (χ0n) is 14.0. The van der Waals surface area contributed by atoms with Crippen LogP contribution in [0.2, 0.25) is 0 Å². The number of hydrogen-bond donors (Lipinski definition) is 1. The first-order valence-corrected chi connectivity index (χ1v) is 9.31. The van der Waals surface area contributed by atoms with Gasteiger partial charge in [-0.05, 0) is 32.4 Å². The Hall–Kier alpha value is -0.120. The van der Waals surface area contributed by atoms with Gasteiger partial charge in [-0.2, -0.15) is 0 Å². The van der Waals surface area contributed by atoms with E-state index in [1.807, 2.05) is 0 Å². The van der Waals surface area contributed by atoms with Gasteiger partial charge < -0.3 is 14.8 Å². The highest BCUT2D eigenvalue weighted by atomic mass is 16.6. The average Bonchev–Trinajstić information content (AvgIpc) is 2.89. The van der Waals surface area contributed by atoms with Gasteiger partial charge in [0.15, 0.2) is 0 Å². The van der Waals surface area contributed by atoms with Gasteiger partial charge in [-0.25, -0.2) is 0 Å². The van der Waals surface area contributed by atoms with Crippen LogP contribution in [0.15, 0.2) is 0 Å². The lowest BCUT2D eigenvalue weighted by Gasteiger charge is -2.32. The van der Waals surface area contributed by atoms with E-state index < -0.39 is 0 Å². The molecule has 0 aromatic rings. The molecule has 1 N–H and O–H groups in total. The summed E-state index contributed by atoms with van der Waals surface area (Å²) in [5, 5.41) is 3.41. The van der Waals surface area contributed by atoms with E-state index >= 15 is 0 Å².